The van der Waals surface area contributed by atoms with Crippen LogP contribution >= 0.6 is 0 Å². The second kappa shape index (κ2) is 10.4. The number of rotatable bonds is 10. The van der Waals surface area contributed by atoms with Gasteiger partial charge in [0.05, 0.1) is 17.3 Å². The zero-order chi connectivity index (χ0) is 21.3. The highest BCUT2D eigenvalue weighted by Crippen LogP contribution is 2.24. The molecule has 0 radical (unpaired) electrons. The van der Waals surface area contributed by atoms with Crippen molar-refractivity contribution in [3.05, 3.63) is 60.2 Å². The van der Waals surface area contributed by atoms with E-state index in [1.807, 2.05) is 12.1 Å². The van der Waals surface area contributed by atoms with Crippen LogP contribution in [0.3, 0.4) is 0 Å². The summed E-state index contributed by atoms with van der Waals surface area (Å²) in [5, 5.41) is 2.77. The van der Waals surface area contributed by atoms with E-state index in [4.69, 9.17) is 4.74 Å². The number of benzene rings is 2. The largest absolute Gasteiger partial charge is 0.494 e. The summed E-state index contributed by atoms with van der Waals surface area (Å²) in [5.74, 6) is 0.726. The van der Waals surface area contributed by atoms with Crippen molar-refractivity contribution in [2.75, 3.05) is 18.9 Å². The van der Waals surface area contributed by atoms with Gasteiger partial charge < -0.3 is 10.1 Å². The van der Waals surface area contributed by atoms with Gasteiger partial charge in [-0.05, 0) is 48.1 Å². The maximum absolute atomic E-state index is 12.2. The Balaban J connectivity index is 1.60. The van der Waals surface area contributed by atoms with Crippen LogP contribution < -0.4 is 10.1 Å². The van der Waals surface area contributed by atoms with E-state index in [0.29, 0.717) is 37.3 Å². The Morgan fingerprint density at radius 1 is 0.966 bits per heavy atom. The molecule has 0 aliphatic rings. The molecule has 2 aromatic carbocycles. The summed E-state index contributed by atoms with van der Waals surface area (Å²) in [4.78, 5) is 12.2. The summed E-state index contributed by atoms with van der Waals surface area (Å²) in [5.41, 5.74) is 1.36. The maximum Gasteiger partial charge on any atom is 0.220 e. The molecule has 0 bridgehead atoms. The number of carbonyl (C=O) groups is 1. The van der Waals surface area contributed by atoms with Gasteiger partial charge in [0.2, 0.25) is 5.91 Å². The number of hydrogen-bond donors (Lipinski definition) is 1. The normalized spacial score (nSPS) is 11.8. The van der Waals surface area contributed by atoms with E-state index >= 15 is 0 Å². The van der Waals surface area contributed by atoms with Gasteiger partial charge in [0.15, 0.2) is 9.84 Å². The molecular weight excluding hydrogens is 386 g/mol. The van der Waals surface area contributed by atoms with Gasteiger partial charge >= 0.3 is 0 Å². The average Bonchev–Trinajstić information content (AvgIpc) is 2.69. The van der Waals surface area contributed by atoms with E-state index < -0.39 is 9.84 Å². The molecule has 0 heterocycles. The molecule has 158 valence electrons. The Morgan fingerprint density at radius 2 is 1.62 bits per heavy atom. The first-order valence-electron chi connectivity index (χ1n) is 9.96. The highest BCUT2D eigenvalue weighted by molar-refractivity contribution is 7.91. The predicted molar refractivity (Wildman–Crippen MR) is 116 cm³/mol. The summed E-state index contributed by atoms with van der Waals surface area (Å²) < 4.78 is 30.0. The first kappa shape index (κ1) is 22.9. The lowest BCUT2D eigenvalue weighted by Gasteiger charge is -2.19. The van der Waals surface area contributed by atoms with E-state index in [9.17, 15) is 13.2 Å². The van der Waals surface area contributed by atoms with Crippen LogP contribution in [0.5, 0.6) is 5.75 Å². The lowest BCUT2D eigenvalue weighted by atomic mass is 9.87. The summed E-state index contributed by atoms with van der Waals surface area (Å²) in [6.45, 7) is 7.31. The molecule has 0 aromatic heterocycles. The fourth-order valence-electron chi connectivity index (χ4n) is 2.80. The minimum atomic E-state index is -3.29. The van der Waals surface area contributed by atoms with Gasteiger partial charge in [-0.2, -0.15) is 0 Å². The predicted octanol–water partition coefficient (Wildman–Crippen LogP) is 4.12. The monoisotopic (exact) mass is 417 g/mol. The molecule has 1 amide bonds. The van der Waals surface area contributed by atoms with Gasteiger partial charge in [-0.3, -0.25) is 4.79 Å². The highest BCUT2D eigenvalue weighted by Gasteiger charge is 2.14. The highest BCUT2D eigenvalue weighted by atomic mass is 32.2. The molecule has 0 aliphatic heterocycles. The number of nitrogens with one attached hydrogen (secondary N) is 1. The quantitative estimate of drug-likeness (QED) is 0.590. The van der Waals surface area contributed by atoms with Gasteiger partial charge in [0.25, 0.3) is 0 Å². The van der Waals surface area contributed by atoms with Crippen LogP contribution in [0.2, 0.25) is 0 Å². The van der Waals surface area contributed by atoms with Crippen molar-refractivity contribution in [1.82, 2.24) is 5.32 Å². The third-order valence-electron chi connectivity index (χ3n) is 4.55. The van der Waals surface area contributed by atoms with Gasteiger partial charge in [0, 0.05) is 13.0 Å². The van der Waals surface area contributed by atoms with E-state index in [0.717, 1.165) is 5.75 Å². The van der Waals surface area contributed by atoms with Crippen LogP contribution in [-0.2, 0) is 20.0 Å². The van der Waals surface area contributed by atoms with Crippen LogP contribution in [0.4, 0.5) is 0 Å². The smallest absolute Gasteiger partial charge is 0.220 e. The lowest BCUT2D eigenvalue weighted by molar-refractivity contribution is -0.121. The summed E-state index contributed by atoms with van der Waals surface area (Å²) >= 11 is 0. The minimum Gasteiger partial charge on any atom is -0.494 e. The number of hydrogen-bond acceptors (Lipinski definition) is 4. The van der Waals surface area contributed by atoms with Gasteiger partial charge in [-0.25, -0.2) is 8.42 Å². The van der Waals surface area contributed by atoms with Crippen LogP contribution in [0.15, 0.2) is 59.5 Å². The number of carbonyl (C=O) groups excluding carboxylic acids is 1. The van der Waals surface area contributed by atoms with E-state index in [1.54, 1.807) is 30.3 Å². The van der Waals surface area contributed by atoms with Crippen LogP contribution in [0, 0.1) is 0 Å². The molecule has 0 saturated carbocycles. The molecule has 0 saturated heterocycles. The first-order valence-corrected chi connectivity index (χ1v) is 11.6. The van der Waals surface area contributed by atoms with Crippen molar-refractivity contribution in [2.45, 2.75) is 50.3 Å². The van der Waals surface area contributed by atoms with E-state index in [1.165, 1.54) is 5.56 Å². The van der Waals surface area contributed by atoms with Crippen molar-refractivity contribution < 1.29 is 17.9 Å². The Morgan fingerprint density at radius 3 is 2.24 bits per heavy atom. The van der Waals surface area contributed by atoms with Crippen molar-refractivity contribution in [3.8, 4) is 5.75 Å². The van der Waals surface area contributed by atoms with Gasteiger partial charge in [-0.1, -0.05) is 51.1 Å². The molecule has 29 heavy (non-hydrogen) atoms. The van der Waals surface area contributed by atoms with Crippen LogP contribution in [-0.4, -0.2) is 33.2 Å². The second-order valence-electron chi connectivity index (χ2n) is 8.06. The summed E-state index contributed by atoms with van der Waals surface area (Å²) in [7, 11) is -3.29. The molecular formula is C23H31NO4S. The van der Waals surface area contributed by atoms with Crippen molar-refractivity contribution in [1.29, 1.82) is 0 Å². The molecule has 0 unspecified atom stereocenters. The standard InChI is InChI=1S/C23H31NO4S/c1-23(2,3)19-12-14-20(15-13-19)28-17-7-11-22(25)24-16-8-18-29(26,27)21-9-5-4-6-10-21/h4-6,9-10,12-15H,7-8,11,16-18H2,1-3H3,(H,24,25). The molecule has 6 heteroatoms. The van der Waals surface area contributed by atoms with E-state index in [-0.39, 0.29) is 17.1 Å². The zero-order valence-corrected chi connectivity index (χ0v) is 18.3. The lowest BCUT2D eigenvalue weighted by Crippen LogP contribution is -2.26. The van der Waals surface area contributed by atoms with Gasteiger partial charge in [0.1, 0.15) is 5.75 Å². The summed E-state index contributed by atoms with van der Waals surface area (Å²) in [6, 6.07) is 16.4. The van der Waals surface area contributed by atoms with E-state index in [2.05, 4.69) is 38.2 Å². The molecule has 1 N–H and O–H groups in total. The van der Waals surface area contributed by atoms with Crippen molar-refractivity contribution >= 4 is 15.7 Å². The molecule has 0 fully saturated rings. The molecule has 2 rings (SSSR count). The zero-order valence-electron chi connectivity index (χ0n) is 17.5. The fraction of sp³-hybridized carbons (Fsp3) is 0.435. The molecule has 0 spiro atoms. The number of amides is 1. The number of ether oxygens (including phenoxy) is 1. The fourth-order valence-corrected chi connectivity index (χ4v) is 4.13. The SMILES string of the molecule is CC(C)(C)c1ccc(OCCCC(=O)NCCCS(=O)(=O)c2ccccc2)cc1. The Bertz CT molecular complexity index is 869. The molecule has 0 aliphatic carbocycles. The topological polar surface area (TPSA) is 72.5 Å². The third kappa shape index (κ3) is 7.89. The second-order valence-corrected chi connectivity index (χ2v) is 10.2. The molecule has 2 aromatic rings. The van der Waals surface area contributed by atoms with Gasteiger partial charge in [-0.15, -0.1) is 0 Å². The van der Waals surface area contributed by atoms with Crippen molar-refractivity contribution in [2.24, 2.45) is 0 Å². The molecule has 5 nitrogen and oxygen atoms in total. The number of sulfone groups is 1. The Hall–Kier alpha value is -2.34. The minimum absolute atomic E-state index is 0.0188. The Kier molecular flexibility index (Phi) is 8.26. The third-order valence-corrected chi connectivity index (χ3v) is 6.37. The Labute approximate surface area is 174 Å². The molecule has 0 atom stereocenters. The first-order chi connectivity index (χ1) is 13.7. The average molecular weight is 418 g/mol. The summed E-state index contributed by atoms with van der Waals surface area (Å²) in [6.07, 6.45) is 1.35. The maximum atomic E-state index is 12.2. The van der Waals surface area contributed by atoms with Crippen LogP contribution in [0.25, 0.3) is 0 Å². The van der Waals surface area contributed by atoms with Crippen LogP contribution in [0.1, 0.15) is 45.6 Å². The van der Waals surface area contributed by atoms with Crippen molar-refractivity contribution in [3.63, 3.8) is 0 Å².